The van der Waals surface area contributed by atoms with E-state index in [2.05, 4.69) is 26.9 Å². The van der Waals surface area contributed by atoms with E-state index in [1.165, 1.54) is 17.7 Å². The zero-order chi connectivity index (χ0) is 21.3. The van der Waals surface area contributed by atoms with Gasteiger partial charge in [-0.15, -0.1) is 0 Å². The summed E-state index contributed by atoms with van der Waals surface area (Å²) in [6.07, 6.45) is 2.39. The first kappa shape index (κ1) is 21.9. The van der Waals surface area contributed by atoms with Gasteiger partial charge in [0, 0.05) is 25.2 Å². The van der Waals surface area contributed by atoms with Crippen LogP contribution >= 0.6 is 0 Å². The Bertz CT molecular complexity index is 747. The lowest BCUT2D eigenvalue weighted by Gasteiger charge is -2.28. The van der Waals surface area contributed by atoms with Crippen molar-refractivity contribution in [3.05, 3.63) is 29.8 Å². The van der Waals surface area contributed by atoms with Gasteiger partial charge in [0.25, 0.3) is 0 Å². The van der Waals surface area contributed by atoms with Crippen LogP contribution in [0.25, 0.3) is 0 Å². The van der Waals surface area contributed by atoms with Crippen LogP contribution in [0.5, 0.6) is 5.75 Å². The number of guanidine groups is 1. The van der Waals surface area contributed by atoms with E-state index in [4.69, 9.17) is 9.73 Å². The highest BCUT2D eigenvalue weighted by atomic mass is 16.5. The summed E-state index contributed by atoms with van der Waals surface area (Å²) in [7, 11) is 1.70. The van der Waals surface area contributed by atoms with Crippen molar-refractivity contribution < 1.29 is 14.3 Å². The van der Waals surface area contributed by atoms with Crippen LogP contribution in [0.15, 0.2) is 29.3 Å². The maximum Gasteiger partial charge on any atom is 0.324 e. The Balaban J connectivity index is 1.67. The molecule has 2 aliphatic rings. The van der Waals surface area contributed by atoms with Gasteiger partial charge in [0.05, 0.1) is 26.2 Å². The third-order valence-electron chi connectivity index (χ3n) is 5.41. The molecule has 0 radical (unpaired) electrons. The number of ether oxygens (including phenoxy) is 1. The van der Waals surface area contributed by atoms with Crippen LogP contribution in [0.2, 0.25) is 0 Å². The van der Waals surface area contributed by atoms with Gasteiger partial charge in [0.1, 0.15) is 5.75 Å². The summed E-state index contributed by atoms with van der Waals surface area (Å²) in [5.41, 5.74) is 1.14. The van der Waals surface area contributed by atoms with Crippen molar-refractivity contribution in [3.8, 4) is 5.75 Å². The van der Waals surface area contributed by atoms with Crippen LogP contribution in [-0.4, -0.2) is 80.6 Å². The van der Waals surface area contributed by atoms with Crippen LogP contribution in [0.3, 0.4) is 0 Å². The molecule has 2 saturated heterocycles. The summed E-state index contributed by atoms with van der Waals surface area (Å²) < 4.78 is 5.60. The molecule has 0 saturated carbocycles. The van der Waals surface area contributed by atoms with E-state index in [0.717, 1.165) is 30.9 Å². The van der Waals surface area contributed by atoms with Crippen molar-refractivity contribution in [2.75, 3.05) is 52.9 Å². The van der Waals surface area contributed by atoms with E-state index in [1.807, 2.05) is 25.1 Å². The third kappa shape index (κ3) is 5.41. The molecule has 1 aromatic carbocycles. The zero-order valence-corrected chi connectivity index (χ0v) is 17.8. The molecule has 9 heteroatoms. The number of aliphatic imine (C=N–C) groups is 1. The van der Waals surface area contributed by atoms with E-state index in [9.17, 15) is 9.59 Å². The Morgan fingerprint density at radius 2 is 2.00 bits per heavy atom. The number of hydrogen-bond acceptors (Lipinski definition) is 5. The molecule has 1 atom stereocenters. The summed E-state index contributed by atoms with van der Waals surface area (Å²) in [4.78, 5) is 31.9. The highest BCUT2D eigenvalue weighted by molar-refractivity contribution is 6.01. The van der Waals surface area contributed by atoms with Gasteiger partial charge in [-0.25, -0.2) is 4.79 Å². The van der Waals surface area contributed by atoms with E-state index >= 15 is 0 Å². The predicted octanol–water partition coefficient (Wildman–Crippen LogP) is 0.939. The van der Waals surface area contributed by atoms with Crippen molar-refractivity contribution in [1.29, 1.82) is 0 Å². The minimum absolute atomic E-state index is 0.0728. The van der Waals surface area contributed by atoms with Gasteiger partial charge in [-0.2, -0.15) is 0 Å². The number of imide groups is 1. The molecule has 1 unspecified atom stereocenters. The molecule has 3 amide bonds. The van der Waals surface area contributed by atoms with Gasteiger partial charge in [-0.3, -0.25) is 19.6 Å². The number of carbonyl (C=O) groups excluding carboxylic acids is 2. The van der Waals surface area contributed by atoms with E-state index in [0.29, 0.717) is 25.6 Å². The average Bonchev–Trinajstić information content (AvgIpc) is 3.40. The highest BCUT2D eigenvalue weighted by Crippen LogP contribution is 2.31. The van der Waals surface area contributed by atoms with Gasteiger partial charge < -0.3 is 20.7 Å². The fraction of sp³-hybridized carbons (Fsp3) is 0.571. The number of nitrogens with zero attached hydrogens (tertiary/aromatic N) is 3. The largest absolute Gasteiger partial charge is 0.496 e. The molecule has 2 fully saturated rings. The van der Waals surface area contributed by atoms with Crippen molar-refractivity contribution in [1.82, 2.24) is 25.8 Å². The van der Waals surface area contributed by atoms with Crippen molar-refractivity contribution in [2.24, 2.45) is 4.99 Å². The predicted molar refractivity (Wildman–Crippen MR) is 116 cm³/mol. The van der Waals surface area contributed by atoms with Gasteiger partial charge in [0.15, 0.2) is 5.96 Å². The van der Waals surface area contributed by atoms with E-state index in [1.54, 1.807) is 7.11 Å². The Morgan fingerprint density at radius 1 is 1.23 bits per heavy atom. The normalized spacial score (nSPS) is 18.5. The molecule has 2 aliphatic heterocycles. The molecular weight excluding hydrogens is 384 g/mol. The lowest BCUT2D eigenvalue weighted by molar-refractivity contribution is -0.124. The van der Waals surface area contributed by atoms with Gasteiger partial charge in [-0.1, -0.05) is 18.2 Å². The molecule has 0 spiro atoms. The third-order valence-corrected chi connectivity index (χ3v) is 5.41. The molecule has 3 N–H and O–H groups in total. The van der Waals surface area contributed by atoms with Gasteiger partial charge in [0.2, 0.25) is 5.91 Å². The number of nitrogens with one attached hydrogen (secondary N) is 3. The lowest BCUT2D eigenvalue weighted by atomic mass is 10.0. The molecule has 0 aromatic heterocycles. The second-order valence-electron chi connectivity index (χ2n) is 7.35. The summed E-state index contributed by atoms with van der Waals surface area (Å²) in [6, 6.07) is 7.90. The highest BCUT2D eigenvalue weighted by Gasteiger charge is 2.28. The molecule has 9 nitrogen and oxygen atoms in total. The Labute approximate surface area is 177 Å². The maximum absolute atomic E-state index is 11.7. The topological polar surface area (TPSA) is 98.3 Å². The van der Waals surface area contributed by atoms with Crippen LogP contribution in [-0.2, 0) is 4.79 Å². The van der Waals surface area contributed by atoms with Crippen LogP contribution in [0.4, 0.5) is 4.79 Å². The summed E-state index contributed by atoms with van der Waals surface area (Å²) in [6.45, 7) is 6.22. The first-order valence-corrected chi connectivity index (χ1v) is 10.6. The number of likely N-dealkylation sites (tertiary alicyclic amines) is 1. The summed E-state index contributed by atoms with van der Waals surface area (Å²) in [5.74, 6) is 1.35. The fourth-order valence-corrected chi connectivity index (χ4v) is 3.89. The minimum Gasteiger partial charge on any atom is -0.496 e. The second kappa shape index (κ2) is 10.8. The number of methoxy groups -OCH3 is 1. The smallest absolute Gasteiger partial charge is 0.324 e. The molecular formula is C21H32N6O3. The van der Waals surface area contributed by atoms with Gasteiger partial charge >= 0.3 is 6.03 Å². The quantitative estimate of drug-likeness (QED) is 0.315. The lowest BCUT2D eigenvalue weighted by Crippen LogP contribution is -2.43. The number of rotatable bonds is 9. The Kier molecular flexibility index (Phi) is 7.89. The molecule has 1 aromatic rings. The Hall–Kier alpha value is -2.81. The van der Waals surface area contributed by atoms with Crippen LogP contribution in [0, 0.1) is 0 Å². The summed E-state index contributed by atoms with van der Waals surface area (Å²) in [5, 5.41) is 9.00. The minimum atomic E-state index is -0.339. The number of amides is 3. The Morgan fingerprint density at radius 3 is 2.67 bits per heavy atom. The molecule has 30 heavy (non-hydrogen) atoms. The van der Waals surface area contributed by atoms with Crippen molar-refractivity contribution in [2.45, 2.75) is 25.8 Å². The molecule has 2 heterocycles. The number of carbonyl (C=O) groups is 2. The van der Waals surface area contributed by atoms with E-state index in [-0.39, 0.29) is 24.5 Å². The second-order valence-corrected chi connectivity index (χ2v) is 7.35. The number of hydrogen-bond donors (Lipinski definition) is 3. The number of benzene rings is 1. The monoisotopic (exact) mass is 416 g/mol. The molecule has 0 aliphatic carbocycles. The molecule has 0 bridgehead atoms. The maximum atomic E-state index is 11.7. The van der Waals surface area contributed by atoms with Crippen LogP contribution < -0.4 is 20.7 Å². The zero-order valence-electron chi connectivity index (χ0n) is 17.8. The summed E-state index contributed by atoms with van der Waals surface area (Å²) >= 11 is 0. The first-order valence-electron chi connectivity index (χ1n) is 10.6. The van der Waals surface area contributed by atoms with Crippen molar-refractivity contribution in [3.63, 3.8) is 0 Å². The number of urea groups is 1. The van der Waals surface area contributed by atoms with E-state index < -0.39 is 0 Å². The van der Waals surface area contributed by atoms with Gasteiger partial charge in [-0.05, 0) is 38.9 Å². The molecule has 3 rings (SSSR count). The fourth-order valence-electron chi connectivity index (χ4n) is 3.89. The average molecular weight is 417 g/mol. The standard InChI is InChI=1S/C21H32N6O3/c1-3-22-20(23-10-13-27-19(28)15-25-21(27)29)24-14-17(26-11-6-7-12-26)16-8-4-5-9-18(16)30-2/h4-5,8-9,17H,3,6-7,10-15H2,1-2H3,(H,25,29)(H2,22,23,24). The SMILES string of the molecule is CCNC(=NCC(c1ccccc1OC)N1CCCC1)NCCN1C(=O)CNC1=O. The molecule has 164 valence electrons. The van der Waals surface area contributed by atoms with Crippen LogP contribution in [0.1, 0.15) is 31.4 Å². The number of para-hydroxylation sites is 1. The van der Waals surface area contributed by atoms with Crippen molar-refractivity contribution >= 4 is 17.9 Å². The first-order chi connectivity index (χ1) is 14.6.